The standard InChI is InChI=1S/C23H27NO6/c1-13-17-10-9-16(24-14(2)21(26)22(27)19(12-25)29-3)11-18(17)30-23(28)20(13)15-7-5-4-6-8-15/h4-11,14,19,21-22,24-27H,12H2,1-3H3/t14-,19?,21?,22?/m1/s1. The highest BCUT2D eigenvalue weighted by Gasteiger charge is 2.30. The van der Waals surface area contributed by atoms with Crippen LogP contribution in [0.15, 0.2) is 57.7 Å². The van der Waals surface area contributed by atoms with E-state index in [0.717, 1.165) is 16.5 Å². The first-order valence-corrected chi connectivity index (χ1v) is 9.76. The van der Waals surface area contributed by atoms with Crippen LogP contribution in [0.3, 0.4) is 0 Å². The minimum absolute atomic E-state index is 0.411. The average molecular weight is 413 g/mol. The summed E-state index contributed by atoms with van der Waals surface area (Å²) in [5.74, 6) is 0. The molecule has 4 N–H and O–H groups in total. The molecule has 1 heterocycles. The molecule has 0 radical (unpaired) electrons. The van der Waals surface area contributed by atoms with Gasteiger partial charge < -0.3 is 29.8 Å². The fourth-order valence-electron chi connectivity index (χ4n) is 3.57. The number of aliphatic hydroxyl groups is 3. The van der Waals surface area contributed by atoms with E-state index in [-0.39, 0.29) is 0 Å². The lowest BCUT2D eigenvalue weighted by atomic mass is 9.99. The molecular formula is C23H27NO6. The zero-order chi connectivity index (χ0) is 21.8. The van der Waals surface area contributed by atoms with Crippen molar-refractivity contribution in [3.63, 3.8) is 0 Å². The van der Waals surface area contributed by atoms with E-state index in [4.69, 9.17) is 9.15 Å². The molecular weight excluding hydrogens is 386 g/mol. The normalized spacial score (nSPS) is 15.5. The van der Waals surface area contributed by atoms with E-state index >= 15 is 0 Å². The van der Waals surface area contributed by atoms with Crippen LogP contribution in [0.25, 0.3) is 22.1 Å². The molecule has 7 nitrogen and oxygen atoms in total. The van der Waals surface area contributed by atoms with Gasteiger partial charge in [-0.05, 0) is 37.1 Å². The van der Waals surface area contributed by atoms with Gasteiger partial charge in [-0.3, -0.25) is 0 Å². The van der Waals surface area contributed by atoms with E-state index in [1.807, 2.05) is 49.4 Å². The third-order valence-electron chi connectivity index (χ3n) is 5.35. The molecule has 0 spiro atoms. The summed E-state index contributed by atoms with van der Waals surface area (Å²) in [6, 6.07) is 14.2. The smallest absolute Gasteiger partial charge is 0.344 e. The number of ether oxygens (including phenoxy) is 1. The second-order valence-electron chi connectivity index (χ2n) is 7.34. The second kappa shape index (κ2) is 9.40. The maximum absolute atomic E-state index is 12.6. The van der Waals surface area contributed by atoms with Gasteiger partial charge in [0.1, 0.15) is 23.9 Å². The van der Waals surface area contributed by atoms with Crippen molar-refractivity contribution in [2.45, 2.75) is 38.2 Å². The summed E-state index contributed by atoms with van der Waals surface area (Å²) in [5.41, 5.74) is 2.79. The van der Waals surface area contributed by atoms with Crippen molar-refractivity contribution in [1.29, 1.82) is 0 Å². The molecule has 3 rings (SSSR count). The van der Waals surface area contributed by atoms with Gasteiger partial charge in [-0.1, -0.05) is 30.3 Å². The first kappa shape index (κ1) is 22.0. The summed E-state index contributed by atoms with van der Waals surface area (Å²) in [5, 5.41) is 33.7. The molecule has 0 amide bonds. The monoisotopic (exact) mass is 413 g/mol. The van der Waals surface area contributed by atoms with Crippen molar-refractivity contribution < 1.29 is 24.5 Å². The largest absolute Gasteiger partial charge is 0.422 e. The molecule has 3 unspecified atom stereocenters. The molecule has 3 aromatic rings. The van der Waals surface area contributed by atoms with Crippen LogP contribution in [-0.4, -0.2) is 53.4 Å². The number of anilines is 1. The lowest BCUT2D eigenvalue weighted by Gasteiger charge is -2.29. The molecule has 160 valence electrons. The SMILES string of the molecule is COC(CO)C(O)C(O)[C@@H](C)Nc1ccc2c(C)c(-c3ccccc3)c(=O)oc2c1. The van der Waals surface area contributed by atoms with Crippen molar-refractivity contribution in [3.8, 4) is 11.1 Å². The molecule has 1 aromatic heterocycles. The van der Waals surface area contributed by atoms with E-state index in [1.165, 1.54) is 7.11 Å². The van der Waals surface area contributed by atoms with E-state index in [1.54, 1.807) is 13.0 Å². The fourth-order valence-corrected chi connectivity index (χ4v) is 3.57. The van der Waals surface area contributed by atoms with Crippen molar-refractivity contribution in [2.24, 2.45) is 0 Å². The van der Waals surface area contributed by atoms with Crippen LogP contribution in [0, 0.1) is 6.92 Å². The molecule has 0 saturated carbocycles. The average Bonchev–Trinajstić information content (AvgIpc) is 2.74. The fraction of sp³-hybridized carbons (Fsp3) is 0.348. The summed E-state index contributed by atoms with van der Waals surface area (Å²) in [4.78, 5) is 12.6. The predicted molar refractivity (Wildman–Crippen MR) is 116 cm³/mol. The minimum Gasteiger partial charge on any atom is -0.422 e. The number of methoxy groups -OCH3 is 1. The Morgan fingerprint density at radius 1 is 1.10 bits per heavy atom. The molecule has 0 bridgehead atoms. The summed E-state index contributed by atoms with van der Waals surface area (Å²) in [6.07, 6.45) is -3.35. The molecule has 30 heavy (non-hydrogen) atoms. The lowest BCUT2D eigenvalue weighted by Crippen LogP contribution is -2.48. The number of aryl methyl sites for hydroxylation is 1. The molecule has 0 aliphatic heterocycles. The lowest BCUT2D eigenvalue weighted by molar-refractivity contribution is -0.0953. The van der Waals surface area contributed by atoms with Crippen LogP contribution >= 0.6 is 0 Å². The summed E-state index contributed by atoms with van der Waals surface area (Å²) in [6.45, 7) is 3.17. The number of aliphatic hydroxyl groups excluding tert-OH is 3. The van der Waals surface area contributed by atoms with Crippen molar-refractivity contribution >= 4 is 16.7 Å². The Balaban J connectivity index is 1.88. The quantitative estimate of drug-likeness (QED) is 0.419. The van der Waals surface area contributed by atoms with Gasteiger partial charge in [0.25, 0.3) is 0 Å². The topological polar surface area (TPSA) is 112 Å². The van der Waals surface area contributed by atoms with Gasteiger partial charge in [-0.25, -0.2) is 4.79 Å². The number of hydrogen-bond acceptors (Lipinski definition) is 7. The molecule has 0 saturated heterocycles. The molecule has 0 aliphatic carbocycles. The number of rotatable bonds is 8. The Hall–Kier alpha value is -2.71. The molecule has 7 heteroatoms. The minimum atomic E-state index is -1.27. The molecule has 0 fully saturated rings. The van der Waals surface area contributed by atoms with Crippen molar-refractivity contribution in [2.75, 3.05) is 19.0 Å². The summed E-state index contributed by atoms with van der Waals surface area (Å²) < 4.78 is 10.5. The first-order valence-electron chi connectivity index (χ1n) is 9.76. The Labute approximate surface area is 174 Å². The Kier molecular flexibility index (Phi) is 6.89. The summed E-state index contributed by atoms with van der Waals surface area (Å²) in [7, 11) is 1.35. The zero-order valence-electron chi connectivity index (χ0n) is 17.2. The maximum Gasteiger partial charge on any atom is 0.344 e. The highest BCUT2D eigenvalue weighted by Crippen LogP contribution is 2.28. The predicted octanol–water partition coefficient (Wildman–Crippen LogP) is 2.30. The van der Waals surface area contributed by atoms with Crippen LogP contribution in [0.5, 0.6) is 0 Å². The second-order valence-corrected chi connectivity index (χ2v) is 7.34. The van der Waals surface area contributed by atoms with Gasteiger partial charge in [0.15, 0.2) is 0 Å². The van der Waals surface area contributed by atoms with Crippen LogP contribution in [-0.2, 0) is 4.74 Å². The van der Waals surface area contributed by atoms with Crippen LogP contribution in [0.1, 0.15) is 12.5 Å². The van der Waals surface area contributed by atoms with Gasteiger partial charge >= 0.3 is 5.63 Å². The highest BCUT2D eigenvalue weighted by molar-refractivity contribution is 5.88. The zero-order valence-corrected chi connectivity index (χ0v) is 17.2. The van der Waals surface area contributed by atoms with Crippen LogP contribution < -0.4 is 10.9 Å². The number of fused-ring (bicyclic) bond motifs is 1. The van der Waals surface area contributed by atoms with Crippen LogP contribution in [0.4, 0.5) is 5.69 Å². The van der Waals surface area contributed by atoms with Gasteiger partial charge in [0, 0.05) is 24.2 Å². The van der Waals surface area contributed by atoms with E-state index in [0.29, 0.717) is 16.8 Å². The van der Waals surface area contributed by atoms with Crippen molar-refractivity contribution in [1.82, 2.24) is 0 Å². The van der Waals surface area contributed by atoms with Gasteiger partial charge in [0.2, 0.25) is 0 Å². The molecule has 4 atom stereocenters. The third-order valence-corrected chi connectivity index (χ3v) is 5.35. The maximum atomic E-state index is 12.6. The first-order chi connectivity index (χ1) is 14.4. The number of hydrogen-bond donors (Lipinski definition) is 4. The Bertz CT molecular complexity index is 1040. The van der Waals surface area contributed by atoms with Crippen molar-refractivity contribution in [3.05, 3.63) is 64.5 Å². The van der Waals surface area contributed by atoms with Gasteiger partial charge in [-0.2, -0.15) is 0 Å². The van der Waals surface area contributed by atoms with E-state index in [2.05, 4.69) is 5.32 Å². The third kappa shape index (κ3) is 4.39. The molecule has 0 aliphatic rings. The summed E-state index contributed by atoms with van der Waals surface area (Å²) >= 11 is 0. The number of nitrogens with one attached hydrogen (secondary N) is 1. The highest BCUT2D eigenvalue weighted by atomic mass is 16.5. The Morgan fingerprint density at radius 2 is 1.80 bits per heavy atom. The Morgan fingerprint density at radius 3 is 2.43 bits per heavy atom. The van der Waals surface area contributed by atoms with Crippen LogP contribution in [0.2, 0.25) is 0 Å². The van der Waals surface area contributed by atoms with Gasteiger partial charge in [-0.15, -0.1) is 0 Å². The van der Waals surface area contributed by atoms with E-state index in [9.17, 15) is 20.1 Å². The van der Waals surface area contributed by atoms with E-state index < -0.39 is 36.6 Å². The number of benzene rings is 2. The van der Waals surface area contributed by atoms with Gasteiger partial charge in [0.05, 0.1) is 18.2 Å². The molecule has 2 aromatic carbocycles.